The van der Waals surface area contributed by atoms with Crippen LogP contribution in [0.15, 0.2) is 36.8 Å². The number of hydrogen-bond acceptors (Lipinski definition) is 4. The maximum atomic E-state index is 11.7. The van der Waals surface area contributed by atoms with Crippen LogP contribution in [0.4, 0.5) is 11.5 Å². The van der Waals surface area contributed by atoms with E-state index in [0.717, 1.165) is 28.7 Å². The third-order valence-electron chi connectivity index (χ3n) is 3.74. The number of nitrogen functional groups attached to an aromatic ring is 1. The van der Waals surface area contributed by atoms with Crippen LogP contribution in [0, 0.1) is 11.8 Å². The third kappa shape index (κ3) is 3.61. The van der Waals surface area contributed by atoms with E-state index in [2.05, 4.69) is 27.1 Å². The zero-order chi connectivity index (χ0) is 17.8. The van der Waals surface area contributed by atoms with Gasteiger partial charge in [-0.2, -0.15) is 0 Å². The molecule has 0 saturated heterocycles. The Morgan fingerprint density at radius 2 is 2.16 bits per heavy atom. The van der Waals surface area contributed by atoms with Gasteiger partial charge in [-0.05, 0) is 24.6 Å². The number of carbonyl (C=O) groups excluding carboxylic acids is 1. The van der Waals surface area contributed by atoms with Crippen LogP contribution in [-0.4, -0.2) is 20.4 Å². The summed E-state index contributed by atoms with van der Waals surface area (Å²) in [7, 11) is 1.89. The van der Waals surface area contributed by atoms with Gasteiger partial charge in [-0.25, -0.2) is 9.97 Å². The van der Waals surface area contributed by atoms with E-state index in [1.54, 1.807) is 12.5 Å². The number of rotatable bonds is 3. The summed E-state index contributed by atoms with van der Waals surface area (Å²) < 4.78 is 1.87. The lowest BCUT2D eigenvalue weighted by molar-refractivity contribution is -0.116. The largest absolute Gasteiger partial charge is 0.383 e. The number of nitrogens with zero attached hydrogens (tertiary/aromatic N) is 3. The fourth-order valence-corrected chi connectivity index (χ4v) is 2.55. The van der Waals surface area contributed by atoms with Crippen LogP contribution in [0.2, 0.25) is 0 Å². The van der Waals surface area contributed by atoms with Gasteiger partial charge in [0.05, 0.1) is 23.6 Å². The number of pyridine rings is 1. The Kier molecular flexibility index (Phi) is 4.66. The molecular formula is C19H19N5O. The second-order valence-corrected chi connectivity index (χ2v) is 5.74. The van der Waals surface area contributed by atoms with E-state index in [1.165, 1.54) is 0 Å². The molecule has 0 radical (unpaired) electrons. The van der Waals surface area contributed by atoms with Gasteiger partial charge in [0.2, 0.25) is 5.91 Å². The predicted octanol–water partition coefficient (Wildman–Crippen LogP) is 2.69. The predicted molar refractivity (Wildman–Crippen MR) is 98.9 cm³/mol. The first kappa shape index (κ1) is 16.5. The Balaban J connectivity index is 1.93. The zero-order valence-corrected chi connectivity index (χ0v) is 14.2. The van der Waals surface area contributed by atoms with E-state index in [1.807, 2.05) is 42.8 Å². The summed E-state index contributed by atoms with van der Waals surface area (Å²) in [6, 6.07) is 7.43. The normalized spacial score (nSPS) is 10.3. The van der Waals surface area contributed by atoms with E-state index in [0.29, 0.717) is 17.8 Å². The highest BCUT2D eigenvalue weighted by Gasteiger charge is 2.09. The van der Waals surface area contributed by atoms with Crippen LogP contribution >= 0.6 is 0 Å². The van der Waals surface area contributed by atoms with Crippen molar-refractivity contribution in [2.45, 2.75) is 19.8 Å². The minimum Gasteiger partial charge on any atom is -0.383 e. The molecule has 0 aliphatic carbocycles. The van der Waals surface area contributed by atoms with Crippen molar-refractivity contribution >= 4 is 28.4 Å². The zero-order valence-electron chi connectivity index (χ0n) is 14.2. The lowest BCUT2D eigenvalue weighted by Crippen LogP contribution is -2.10. The summed E-state index contributed by atoms with van der Waals surface area (Å²) in [5, 5.41) is 2.87. The van der Waals surface area contributed by atoms with E-state index in [-0.39, 0.29) is 5.91 Å². The van der Waals surface area contributed by atoms with Crippen LogP contribution in [0.1, 0.15) is 30.9 Å². The topological polar surface area (TPSA) is 85.8 Å². The summed E-state index contributed by atoms with van der Waals surface area (Å²) in [4.78, 5) is 20.1. The molecule has 0 atom stereocenters. The third-order valence-corrected chi connectivity index (χ3v) is 3.74. The molecule has 3 rings (SSSR count). The lowest BCUT2D eigenvalue weighted by atomic mass is 10.1. The minimum absolute atomic E-state index is 0.000654. The van der Waals surface area contributed by atoms with Crippen LogP contribution in [0.25, 0.3) is 11.0 Å². The second kappa shape index (κ2) is 7.05. The number of amides is 1. The van der Waals surface area contributed by atoms with Crippen LogP contribution in [-0.2, 0) is 11.8 Å². The summed E-state index contributed by atoms with van der Waals surface area (Å²) in [5.74, 6) is 6.56. The van der Waals surface area contributed by atoms with Gasteiger partial charge >= 0.3 is 0 Å². The summed E-state index contributed by atoms with van der Waals surface area (Å²) >= 11 is 0. The van der Waals surface area contributed by atoms with E-state index < -0.39 is 0 Å². The molecule has 0 aliphatic rings. The molecule has 1 amide bonds. The van der Waals surface area contributed by atoms with Gasteiger partial charge in [0.1, 0.15) is 11.3 Å². The molecule has 3 aromatic rings. The van der Waals surface area contributed by atoms with Crippen molar-refractivity contribution in [1.29, 1.82) is 0 Å². The standard InChI is InChI=1S/C19H19N5O/c1-3-5-17(25)23-14-7-4-6-13(10-14)8-9-15-18-16(11-21-19(15)20)22-12-24(18)2/h4,6-7,10-12H,3,5H2,1-2H3,(H2,20,21)(H,23,25). The Morgan fingerprint density at radius 3 is 2.96 bits per heavy atom. The van der Waals surface area contributed by atoms with Crippen molar-refractivity contribution in [3.8, 4) is 11.8 Å². The van der Waals surface area contributed by atoms with E-state index in [4.69, 9.17) is 5.73 Å². The summed E-state index contributed by atoms with van der Waals surface area (Å²) in [5.41, 5.74) is 9.77. The molecule has 126 valence electrons. The molecule has 0 spiro atoms. The van der Waals surface area contributed by atoms with Crippen molar-refractivity contribution in [1.82, 2.24) is 14.5 Å². The molecule has 0 unspecified atom stereocenters. The van der Waals surface area contributed by atoms with Crippen molar-refractivity contribution in [3.05, 3.63) is 47.9 Å². The molecule has 0 fully saturated rings. The van der Waals surface area contributed by atoms with Gasteiger partial charge in [-0.3, -0.25) is 4.79 Å². The molecule has 0 aliphatic heterocycles. The number of aromatic nitrogens is 3. The van der Waals surface area contributed by atoms with E-state index >= 15 is 0 Å². The Morgan fingerprint density at radius 1 is 1.32 bits per heavy atom. The average Bonchev–Trinajstić information content (AvgIpc) is 2.96. The fraction of sp³-hybridized carbons (Fsp3) is 0.211. The number of nitrogens with one attached hydrogen (secondary N) is 1. The van der Waals surface area contributed by atoms with Gasteiger partial charge in [0.15, 0.2) is 0 Å². The van der Waals surface area contributed by atoms with Gasteiger partial charge in [-0.1, -0.05) is 24.8 Å². The Labute approximate surface area is 146 Å². The SMILES string of the molecule is CCCC(=O)Nc1cccc(C#Cc2c(N)ncc3ncn(C)c23)c1. The number of nitrogens with two attached hydrogens (primary N) is 1. The molecule has 6 heteroatoms. The molecule has 0 saturated carbocycles. The summed E-state index contributed by atoms with van der Waals surface area (Å²) in [6.07, 6.45) is 4.66. The first-order valence-electron chi connectivity index (χ1n) is 8.06. The van der Waals surface area contributed by atoms with Crippen molar-refractivity contribution in [2.75, 3.05) is 11.1 Å². The van der Waals surface area contributed by atoms with Gasteiger partial charge in [0.25, 0.3) is 0 Å². The highest BCUT2D eigenvalue weighted by Crippen LogP contribution is 2.20. The van der Waals surface area contributed by atoms with Crippen molar-refractivity contribution in [2.24, 2.45) is 7.05 Å². The number of carbonyl (C=O) groups is 1. The first-order chi connectivity index (χ1) is 12.1. The lowest BCUT2D eigenvalue weighted by Gasteiger charge is -2.04. The molecule has 6 nitrogen and oxygen atoms in total. The molecule has 2 aromatic heterocycles. The Hall–Kier alpha value is -3.33. The quantitative estimate of drug-likeness (QED) is 0.722. The molecule has 2 heterocycles. The highest BCUT2D eigenvalue weighted by atomic mass is 16.1. The smallest absolute Gasteiger partial charge is 0.224 e. The molecule has 0 bridgehead atoms. The number of fused-ring (bicyclic) bond motifs is 1. The highest BCUT2D eigenvalue weighted by molar-refractivity contribution is 5.91. The Bertz CT molecular complexity index is 994. The minimum atomic E-state index is 0.000654. The fourth-order valence-electron chi connectivity index (χ4n) is 2.55. The number of benzene rings is 1. The summed E-state index contributed by atoms with van der Waals surface area (Å²) in [6.45, 7) is 1.97. The molecule has 25 heavy (non-hydrogen) atoms. The molecular weight excluding hydrogens is 314 g/mol. The van der Waals surface area contributed by atoms with Crippen molar-refractivity contribution < 1.29 is 4.79 Å². The maximum Gasteiger partial charge on any atom is 0.224 e. The molecule has 3 N–H and O–H groups in total. The van der Waals surface area contributed by atoms with Crippen LogP contribution in [0.3, 0.4) is 0 Å². The first-order valence-corrected chi connectivity index (χ1v) is 8.06. The number of aryl methyl sites for hydroxylation is 1. The van der Waals surface area contributed by atoms with Gasteiger partial charge in [-0.15, -0.1) is 0 Å². The number of anilines is 2. The van der Waals surface area contributed by atoms with Gasteiger partial charge < -0.3 is 15.6 Å². The van der Waals surface area contributed by atoms with Crippen molar-refractivity contribution in [3.63, 3.8) is 0 Å². The van der Waals surface area contributed by atoms with Gasteiger partial charge in [0, 0.05) is 24.7 Å². The monoisotopic (exact) mass is 333 g/mol. The van der Waals surface area contributed by atoms with Crippen LogP contribution in [0.5, 0.6) is 0 Å². The van der Waals surface area contributed by atoms with E-state index in [9.17, 15) is 4.79 Å². The van der Waals surface area contributed by atoms with Crippen LogP contribution < -0.4 is 11.1 Å². The number of hydrogen-bond donors (Lipinski definition) is 2. The number of imidazole rings is 1. The average molecular weight is 333 g/mol. The molecule has 1 aromatic carbocycles. The second-order valence-electron chi connectivity index (χ2n) is 5.74. The maximum absolute atomic E-state index is 11.7.